The summed E-state index contributed by atoms with van der Waals surface area (Å²) in [5, 5.41) is 24.2. The Bertz CT molecular complexity index is 1500. The molecule has 10 heteroatoms. The summed E-state index contributed by atoms with van der Waals surface area (Å²) in [5.41, 5.74) is 3.20. The highest BCUT2D eigenvalue weighted by molar-refractivity contribution is 5.89. The number of alkyl carbamates (subject to hydrolysis) is 1. The smallest absolute Gasteiger partial charge is 0.408 e. The molecule has 0 saturated heterocycles. The van der Waals surface area contributed by atoms with Gasteiger partial charge in [0, 0.05) is 6.42 Å². The summed E-state index contributed by atoms with van der Waals surface area (Å²) in [4.78, 5) is 37.2. The molecule has 0 aliphatic rings. The average Bonchev–Trinajstić information content (AvgIpc) is 3.05. The summed E-state index contributed by atoms with van der Waals surface area (Å²) in [6.45, 7) is -0.234. The molecule has 0 heterocycles. The van der Waals surface area contributed by atoms with Gasteiger partial charge in [0.25, 0.3) is 0 Å². The second-order valence-electron chi connectivity index (χ2n) is 9.87. The van der Waals surface area contributed by atoms with E-state index in [2.05, 4.69) is 10.6 Å². The highest BCUT2D eigenvalue weighted by atomic mass is 16.5. The molecule has 0 fully saturated rings. The summed E-state index contributed by atoms with van der Waals surface area (Å²) in [7, 11) is 0. The van der Waals surface area contributed by atoms with Crippen molar-refractivity contribution in [2.24, 2.45) is 0 Å². The zero-order chi connectivity index (χ0) is 31.1. The second kappa shape index (κ2) is 16.3. The molecule has 0 saturated carbocycles. The van der Waals surface area contributed by atoms with Crippen molar-refractivity contribution < 1.29 is 38.8 Å². The first-order valence-electron chi connectivity index (χ1n) is 14.0. The highest BCUT2D eigenvalue weighted by Gasteiger charge is 2.27. The summed E-state index contributed by atoms with van der Waals surface area (Å²) in [6, 6.07) is 30.4. The number of carbonyl (C=O) groups is 3. The van der Waals surface area contributed by atoms with Crippen LogP contribution in [0.2, 0.25) is 0 Å². The van der Waals surface area contributed by atoms with E-state index in [-0.39, 0.29) is 19.6 Å². The van der Waals surface area contributed by atoms with Crippen molar-refractivity contribution in [3.8, 4) is 11.5 Å². The molecular weight excluding hydrogens is 564 g/mol. The van der Waals surface area contributed by atoms with Crippen molar-refractivity contribution >= 4 is 18.0 Å². The monoisotopic (exact) mass is 598 g/mol. The van der Waals surface area contributed by atoms with Crippen molar-refractivity contribution in [3.63, 3.8) is 0 Å². The lowest BCUT2D eigenvalue weighted by molar-refractivity contribution is -0.142. The lowest BCUT2D eigenvalue weighted by Gasteiger charge is -2.20. The van der Waals surface area contributed by atoms with E-state index in [9.17, 15) is 24.6 Å². The van der Waals surface area contributed by atoms with Crippen LogP contribution in [0.3, 0.4) is 0 Å². The van der Waals surface area contributed by atoms with E-state index in [0.29, 0.717) is 23.7 Å². The number of carboxylic acids is 1. The third kappa shape index (κ3) is 9.88. The summed E-state index contributed by atoms with van der Waals surface area (Å²) in [5.74, 6) is -1.28. The Kier molecular flexibility index (Phi) is 11.7. The number of aliphatic hydroxyl groups is 1. The topological polar surface area (TPSA) is 143 Å². The molecule has 228 valence electrons. The van der Waals surface area contributed by atoms with Crippen LogP contribution in [0.4, 0.5) is 4.79 Å². The van der Waals surface area contributed by atoms with Gasteiger partial charge in [0.1, 0.15) is 31.9 Å². The number of aliphatic hydroxyl groups excluding tert-OH is 1. The van der Waals surface area contributed by atoms with Crippen molar-refractivity contribution in [2.45, 2.75) is 38.3 Å². The maximum absolute atomic E-state index is 12.8. The molecule has 0 aromatic heterocycles. The van der Waals surface area contributed by atoms with E-state index in [0.717, 1.165) is 16.7 Å². The molecule has 44 heavy (non-hydrogen) atoms. The molecule has 4 rings (SSSR count). The Labute approximate surface area is 255 Å². The number of carboxylic acid groups (broad SMARTS) is 1. The van der Waals surface area contributed by atoms with Crippen LogP contribution in [-0.4, -0.2) is 46.9 Å². The van der Waals surface area contributed by atoms with Crippen LogP contribution in [0, 0.1) is 0 Å². The molecule has 0 aliphatic heterocycles. The van der Waals surface area contributed by atoms with Gasteiger partial charge < -0.3 is 35.1 Å². The lowest BCUT2D eigenvalue weighted by Crippen LogP contribution is -2.53. The fourth-order valence-electron chi connectivity index (χ4n) is 4.19. The van der Waals surface area contributed by atoms with Gasteiger partial charge in [-0.25, -0.2) is 9.59 Å². The lowest BCUT2D eigenvalue weighted by atomic mass is 10.0. The van der Waals surface area contributed by atoms with Gasteiger partial charge in [-0.05, 0) is 34.4 Å². The molecule has 0 aliphatic carbocycles. The number of ether oxygens (including phenoxy) is 3. The Balaban J connectivity index is 1.41. The fraction of sp³-hybridized carbons (Fsp3) is 0.206. The number of hydrogen-bond donors (Lipinski definition) is 4. The Morgan fingerprint density at radius 3 is 1.66 bits per heavy atom. The summed E-state index contributed by atoms with van der Waals surface area (Å²) in [6.07, 6.45) is -1.03. The fourth-order valence-corrected chi connectivity index (χ4v) is 4.19. The van der Waals surface area contributed by atoms with Crippen LogP contribution < -0.4 is 20.1 Å². The molecule has 4 aromatic carbocycles. The van der Waals surface area contributed by atoms with Gasteiger partial charge in [0.2, 0.25) is 5.91 Å². The predicted octanol–water partition coefficient (Wildman–Crippen LogP) is 4.24. The van der Waals surface area contributed by atoms with Gasteiger partial charge >= 0.3 is 12.1 Å². The molecular formula is C34H34N2O8. The third-order valence-electron chi connectivity index (χ3n) is 6.54. The van der Waals surface area contributed by atoms with Crippen molar-refractivity contribution in [3.05, 3.63) is 131 Å². The van der Waals surface area contributed by atoms with E-state index in [1.807, 2.05) is 66.7 Å². The van der Waals surface area contributed by atoms with Crippen LogP contribution >= 0.6 is 0 Å². The molecule has 10 nitrogen and oxygen atoms in total. The second-order valence-corrected chi connectivity index (χ2v) is 9.87. The Morgan fingerprint density at radius 2 is 1.14 bits per heavy atom. The van der Waals surface area contributed by atoms with Gasteiger partial charge in [0.05, 0.1) is 6.61 Å². The zero-order valence-corrected chi connectivity index (χ0v) is 23.9. The first kappa shape index (κ1) is 31.6. The van der Waals surface area contributed by atoms with Crippen LogP contribution in [-0.2, 0) is 40.6 Å². The van der Waals surface area contributed by atoms with E-state index in [1.54, 1.807) is 42.5 Å². The van der Waals surface area contributed by atoms with E-state index in [1.165, 1.54) is 0 Å². The number of hydrogen-bond acceptors (Lipinski definition) is 7. The molecule has 0 radical (unpaired) electrons. The minimum atomic E-state index is -1.42. The van der Waals surface area contributed by atoms with E-state index in [4.69, 9.17) is 14.2 Å². The van der Waals surface area contributed by atoms with Crippen molar-refractivity contribution in [2.75, 3.05) is 6.61 Å². The normalized spacial score (nSPS) is 11.9. The summed E-state index contributed by atoms with van der Waals surface area (Å²) < 4.78 is 17.2. The maximum Gasteiger partial charge on any atom is 0.408 e. The molecule has 4 aromatic rings. The van der Waals surface area contributed by atoms with Crippen molar-refractivity contribution in [1.82, 2.24) is 10.6 Å². The number of amides is 2. The number of rotatable bonds is 15. The third-order valence-corrected chi connectivity index (χ3v) is 6.54. The van der Waals surface area contributed by atoms with Gasteiger partial charge in [-0.2, -0.15) is 0 Å². The van der Waals surface area contributed by atoms with E-state index >= 15 is 0 Å². The zero-order valence-electron chi connectivity index (χ0n) is 23.9. The van der Waals surface area contributed by atoms with Crippen molar-refractivity contribution in [1.29, 1.82) is 0 Å². The van der Waals surface area contributed by atoms with Gasteiger partial charge in [-0.1, -0.05) is 97.1 Å². The SMILES string of the molecule is O=C(N[C@@H](CO)C(=O)N[C@H](Cc1ccc(OCc2ccccc2)c(OCc2ccccc2)c1)C(=O)O)OCc1ccccc1. The van der Waals surface area contributed by atoms with Gasteiger partial charge in [0.15, 0.2) is 11.5 Å². The average molecular weight is 599 g/mol. The maximum atomic E-state index is 12.8. The van der Waals surface area contributed by atoms with E-state index < -0.39 is 36.7 Å². The number of nitrogens with one attached hydrogen (secondary N) is 2. The van der Waals surface area contributed by atoms with Crippen LogP contribution in [0.25, 0.3) is 0 Å². The van der Waals surface area contributed by atoms with Gasteiger partial charge in [-0.15, -0.1) is 0 Å². The minimum absolute atomic E-state index is 0.0378. The molecule has 0 unspecified atom stereocenters. The quantitative estimate of drug-likeness (QED) is 0.159. The first-order valence-corrected chi connectivity index (χ1v) is 14.0. The van der Waals surface area contributed by atoms with Crippen LogP contribution in [0.5, 0.6) is 11.5 Å². The molecule has 4 N–H and O–H groups in total. The Morgan fingerprint density at radius 1 is 0.614 bits per heavy atom. The number of carbonyl (C=O) groups excluding carboxylic acids is 2. The van der Waals surface area contributed by atoms with Crippen LogP contribution in [0.1, 0.15) is 22.3 Å². The summed E-state index contributed by atoms with van der Waals surface area (Å²) >= 11 is 0. The molecule has 0 spiro atoms. The van der Waals surface area contributed by atoms with Gasteiger partial charge in [-0.3, -0.25) is 4.79 Å². The standard InChI is InChI=1S/C34H34N2O8/c37-20-29(36-34(41)44-23-26-14-8-3-9-15-26)32(38)35-28(33(39)40)18-27-16-17-30(42-21-24-10-4-1-5-11-24)31(19-27)43-22-25-12-6-2-7-13-25/h1-17,19,28-29,37H,18,20-23H2,(H,35,38)(H,36,41)(H,39,40)/t28-,29+/m1/s1. The Hall–Kier alpha value is -5.35. The van der Waals surface area contributed by atoms with Crippen LogP contribution in [0.15, 0.2) is 109 Å². The molecule has 2 amide bonds. The largest absolute Gasteiger partial charge is 0.485 e. The minimum Gasteiger partial charge on any atom is -0.485 e. The molecule has 2 atom stereocenters. The number of aliphatic carboxylic acids is 1. The highest BCUT2D eigenvalue weighted by Crippen LogP contribution is 2.30. The number of benzene rings is 4. The predicted molar refractivity (Wildman–Crippen MR) is 162 cm³/mol. The molecule has 0 bridgehead atoms. The first-order chi connectivity index (χ1) is 21.4.